The predicted octanol–water partition coefficient (Wildman–Crippen LogP) is 3.53. The minimum absolute atomic E-state index is 0.166. The topological polar surface area (TPSA) is 23.8 Å². The highest BCUT2D eigenvalue weighted by atomic mass is 14.3. The molecule has 0 bridgehead atoms. The van der Waals surface area contributed by atoms with Gasteiger partial charge in [0.05, 0.1) is 11.5 Å². The standard InChI is InChI=1S/C11H19N/c1-5-6-7-10(2)8-11(3,4)9-12/h5-6,10H,7-8H2,1-4H3. The van der Waals surface area contributed by atoms with Crippen molar-refractivity contribution in [2.24, 2.45) is 11.3 Å². The lowest BCUT2D eigenvalue weighted by Gasteiger charge is -2.19. The molecular weight excluding hydrogens is 146 g/mol. The van der Waals surface area contributed by atoms with E-state index in [2.05, 4.69) is 25.1 Å². The molecule has 1 heteroatoms. The second-order valence-corrected chi connectivity index (χ2v) is 4.11. The van der Waals surface area contributed by atoms with Gasteiger partial charge in [-0.2, -0.15) is 5.26 Å². The molecule has 0 aromatic heterocycles. The van der Waals surface area contributed by atoms with Gasteiger partial charge in [0.15, 0.2) is 0 Å². The zero-order valence-corrected chi connectivity index (χ0v) is 8.59. The van der Waals surface area contributed by atoms with Gasteiger partial charge in [0, 0.05) is 0 Å². The molecule has 1 atom stereocenters. The number of allylic oxidation sites excluding steroid dienone is 2. The van der Waals surface area contributed by atoms with Crippen LogP contribution in [0.2, 0.25) is 0 Å². The molecule has 0 aromatic rings. The highest BCUT2D eigenvalue weighted by Crippen LogP contribution is 2.25. The van der Waals surface area contributed by atoms with Crippen molar-refractivity contribution in [3.63, 3.8) is 0 Å². The Kier molecular flexibility index (Phi) is 4.66. The summed E-state index contributed by atoms with van der Waals surface area (Å²) in [6.45, 7) is 8.22. The summed E-state index contributed by atoms with van der Waals surface area (Å²) in [6.07, 6.45) is 6.30. The average Bonchev–Trinajstić information content (AvgIpc) is 2.00. The van der Waals surface area contributed by atoms with Gasteiger partial charge in [-0.25, -0.2) is 0 Å². The molecular formula is C11H19N. The van der Waals surface area contributed by atoms with E-state index >= 15 is 0 Å². The van der Waals surface area contributed by atoms with Gasteiger partial charge >= 0.3 is 0 Å². The Bertz CT molecular complexity index is 184. The first-order chi connectivity index (χ1) is 5.52. The van der Waals surface area contributed by atoms with Crippen LogP contribution in [0.5, 0.6) is 0 Å². The van der Waals surface area contributed by atoms with Gasteiger partial charge in [-0.3, -0.25) is 0 Å². The van der Waals surface area contributed by atoms with E-state index in [1.807, 2.05) is 20.8 Å². The highest BCUT2D eigenvalue weighted by Gasteiger charge is 2.19. The molecule has 12 heavy (non-hydrogen) atoms. The summed E-state index contributed by atoms with van der Waals surface area (Å²) >= 11 is 0. The Hall–Kier alpha value is -0.770. The quantitative estimate of drug-likeness (QED) is 0.585. The molecule has 0 rings (SSSR count). The van der Waals surface area contributed by atoms with Crippen LogP contribution in [0.15, 0.2) is 12.2 Å². The lowest BCUT2D eigenvalue weighted by Crippen LogP contribution is -2.12. The van der Waals surface area contributed by atoms with Crippen LogP contribution >= 0.6 is 0 Å². The van der Waals surface area contributed by atoms with Crippen LogP contribution < -0.4 is 0 Å². The van der Waals surface area contributed by atoms with E-state index in [0.29, 0.717) is 5.92 Å². The minimum Gasteiger partial charge on any atom is -0.198 e. The summed E-state index contributed by atoms with van der Waals surface area (Å²) in [4.78, 5) is 0. The summed E-state index contributed by atoms with van der Waals surface area (Å²) in [5.74, 6) is 0.607. The van der Waals surface area contributed by atoms with Gasteiger partial charge in [-0.15, -0.1) is 0 Å². The Labute approximate surface area is 76.1 Å². The fourth-order valence-electron chi connectivity index (χ4n) is 1.37. The van der Waals surface area contributed by atoms with Crippen molar-refractivity contribution >= 4 is 0 Å². The van der Waals surface area contributed by atoms with Gasteiger partial charge < -0.3 is 0 Å². The van der Waals surface area contributed by atoms with Crippen molar-refractivity contribution < 1.29 is 0 Å². The summed E-state index contributed by atoms with van der Waals surface area (Å²) < 4.78 is 0. The van der Waals surface area contributed by atoms with Crippen molar-refractivity contribution in [2.75, 3.05) is 0 Å². The third kappa shape index (κ3) is 4.96. The van der Waals surface area contributed by atoms with E-state index in [4.69, 9.17) is 5.26 Å². The van der Waals surface area contributed by atoms with Crippen molar-refractivity contribution in [3.8, 4) is 6.07 Å². The third-order valence-corrected chi connectivity index (χ3v) is 1.94. The predicted molar refractivity (Wildman–Crippen MR) is 52.6 cm³/mol. The van der Waals surface area contributed by atoms with E-state index in [1.165, 1.54) is 0 Å². The monoisotopic (exact) mass is 165 g/mol. The van der Waals surface area contributed by atoms with E-state index in [-0.39, 0.29) is 5.41 Å². The Morgan fingerprint density at radius 2 is 2.08 bits per heavy atom. The van der Waals surface area contributed by atoms with Crippen molar-refractivity contribution in [1.29, 1.82) is 5.26 Å². The third-order valence-electron chi connectivity index (χ3n) is 1.94. The molecule has 0 aliphatic rings. The Morgan fingerprint density at radius 3 is 2.50 bits per heavy atom. The molecule has 0 heterocycles. The van der Waals surface area contributed by atoms with Crippen LogP contribution in [0.25, 0.3) is 0 Å². The van der Waals surface area contributed by atoms with Crippen molar-refractivity contribution in [2.45, 2.75) is 40.5 Å². The van der Waals surface area contributed by atoms with Gasteiger partial charge in [0.2, 0.25) is 0 Å². The largest absolute Gasteiger partial charge is 0.198 e. The number of nitrogens with zero attached hydrogens (tertiary/aromatic N) is 1. The second-order valence-electron chi connectivity index (χ2n) is 4.11. The molecule has 0 aliphatic heterocycles. The van der Waals surface area contributed by atoms with E-state index in [9.17, 15) is 0 Å². The molecule has 1 nitrogen and oxygen atoms in total. The van der Waals surface area contributed by atoms with E-state index < -0.39 is 0 Å². The first kappa shape index (κ1) is 11.2. The first-order valence-corrected chi connectivity index (χ1v) is 4.54. The molecule has 0 aromatic carbocycles. The van der Waals surface area contributed by atoms with Crippen LogP contribution in [0.1, 0.15) is 40.5 Å². The Balaban J connectivity index is 3.85. The molecule has 0 N–H and O–H groups in total. The second kappa shape index (κ2) is 4.98. The molecule has 0 spiro atoms. The maximum Gasteiger partial charge on any atom is 0.0684 e. The first-order valence-electron chi connectivity index (χ1n) is 4.54. The average molecular weight is 165 g/mol. The lowest BCUT2D eigenvalue weighted by molar-refractivity contribution is 0.360. The van der Waals surface area contributed by atoms with E-state index in [1.54, 1.807) is 0 Å². The maximum atomic E-state index is 8.80. The Morgan fingerprint density at radius 1 is 1.50 bits per heavy atom. The zero-order chi connectivity index (χ0) is 9.61. The van der Waals surface area contributed by atoms with Gasteiger partial charge in [0.25, 0.3) is 0 Å². The highest BCUT2D eigenvalue weighted by molar-refractivity contribution is 4.93. The maximum absolute atomic E-state index is 8.80. The van der Waals surface area contributed by atoms with Crippen molar-refractivity contribution in [1.82, 2.24) is 0 Å². The zero-order valence-electron chi connectivity index (χ0n) is 8.59. The SMILES string of the molecule is CC=CCC(C)CC(C)(C)C#N. The fourth-order valence-corrected chi connectivity index (χ4v) is 1.37. The lowest BCUT2D eigenvalue weighted by atomic mass is 9.83. The van der Waals surface area contributed by atoms with Crippen LogP contribution in [0.3, 0.4) is 0 Å². The number of hydrogen-bond donors (Lipinski definition) is 0. The molecule has 0 saturated carbocycles. The fraction of sp³-hybridized carbons (Fsp3) is 0.727. The molecule has 0 amide bonds. The van der Waals surface area contributed by atoms with Crippen LogP contribution in [-0.2, 0) is 0 Å². The van der Waals surface area contributed by atoms with Crippen LogP contribution in [0.4, 0.5) is 0 Å². The van der Waals surface area contributed by atoms with Gasteiger partial charge in [-0.05, 0) is 39.5 Å². The van der Waals surface area contributed by atoms with E-state index in [0.717, 1.165) is 12.8 Å². The minimum atomic E-state index is -0.166. The summed E-state index contributed by atoms with van der Waals surface area (Å²) in [5, 5.41) is 8.80. The summed E-state index contributed by atoms with van der Waals surface area (Å²) in [7, 11) is 0. The van der Waals surface area contributed by atoms with Gasteiger partial charge in [-0.1, -0.05) is 19.1 Å². The normalized spacial score (nSPS) is 14.6. The smallest absolute Gasteiger partial charge is 0.0684 e. The molecule has 1 unspecified atom stereocenters. The molecule has 0 saturated heterocycles. The molecule has 0 radical (unpaired) electrons. The molecule has 68 valence electrons. The number of hydrogen-bond acceptors (Lipinski definition) is 1. The molecule has 0 aliphatic carbocycles. The summed E-state index contributed by atoms with van der Waals surface area (Å²) in [6, 6.07) is 2.32. The molecule has 0 fully saturated rings. The van der Waals surface area contributed by atoms with Crippen LogP contribution in [0, 0.1) is 22.7 Å². The number of nitriles is 1. The van der Waals surface area contributed by atoms with Gasteiger partial charge in [0.1, 0.15) is 0 Å². The van der Waals surface area contributed by atoms with Crippen LogP contribution in [-0.4, -0.2) is 0 Å². The number of rotatable bonds is 4. The van der Waals surface area contributed by atoms with Crippen molar-refractivity contribution in [3.05, 3.63) is 12.2 Å². The summed E-state index contributed by atoms with van der Waals surface area (Å²) in [5.41, 5.74) is -0.166.